The summed E-state index contributed by atoms with van der Waals surface area (Å²) in [5.74, 6) is 0.903. The number of fused-ring (bicyclic) bond motifs is 1. The summed E-state index contributed by atoms with van der Waals surface area (Å²) < 4.78 is 1.77. The second kappa shape index (κ2) is 7.08. The fourth-order valence-electron chi connectivity index (χ4n) is 2.91. The summed E-state index contributed by atoms with van der Waals surface area (Å²) in [4.78, 5) is 24.9. The molecule has 0 spiro atoms. The second-order valence-electron chi connectivity index (χ2n) is 6.26. The predicted octanol–water partition coefficient (Wildman–Crippen LogP) is -0.112. The Labute approximate surface area is 141 Å². The molecule has 9 heteroatoms. The zero-order valence-corrected chi connectivity index (χ0v) is 14.4. The van der Waals surface area contributed by atoms with Gasteiger partial charge in [-0.15, -0.1) is 5.10 Å². The smallest absolute Gasteiger partial charge is 0.234 e. The number of hydrogen-bond donors (Lipinski definition) is 1. The molecule has 0 bridgehead atoms. The molecule has 1 fully saturated rings. The van der Waals surface area contributed by atoms with Gasteiger partial charge in [0.1, 0.15) is 6.33 Å². The lowest BCUT2D eigenvalue weighted by Gasteiger charge is -2.34. The lowest BCUT2D eigenvalue weighted by Crippen LogP contribution is -2.50. The van der Waals surface area contributed by atoms with Gasteiger partial charge in [0.2, 0.25) is 5.91 Å². The van der Waals surface area contributed by atoms with E-state index in [1.807, 2.05) is 20.8 Å². The van der Waals surface area contributed by atoms with E-state index in [2.05, 4.69) is 35.4 Å². The van der Waals surface area contributed by atoms with Crippen LogP contribution in [0.1, 0.15) is 20.8 Å². The number of carbonyl (C=O) groups excluding carboxylic acids is 1. The van der Waals surface area contributed by atoms with E-state index in [0.29, 0.717) is 6.54 Å². The molecular formula is C15H24N8O. The Kier molecular flexibility index (Phi) is 4.89. The van der Waals surface area contributed by atoms with Crippen LogP contribution in [0.3, 0.4) is 0 Å². The van der Waals surface area contributed by atoms with E-state index < -0.39 is 0 Å². The second-order valence-corrected chi connectivity index (χ2v) is 6.26. The summed E-state index contributed by atoms with van der Waals surface area (Å²) in [7, 11) is 0. The van der Waals surface area contributed by atoms with Crippen LogP contribution in [0.4, 0.5) is 5.82 Å². The number of carbonyl (C=O) groups is 1. The number of aryl methyl sites for hydroxylation is 1. The molecule has 0 saturated carbocycles. The molecule has 130 valence electrons. The van der Waals surface area contributed by atoms with Gasteiger partial charge in [-0.05, 0) is 20.8 Å². The highest BCUT2D eigenvalue weighted by Crippen LogP contribution is 2.21. The SMILES string of the molecule is CCn1nnc2c(N3CCN(CC(=O)NC(C)C)CC3)ncnc21. The largest absolute Gasteiger partial charge is 0.353 e. The van der Waals surface area contributed by atoms with Crippen LogP contribution in [0, 0.1) is 0 Å². The molecule has 9 nitrogen and oxygen atoms in total. The van der Waals surface area contributed by atoms with E-state index in [9.17, 15) is 4.79 Å². The molecule has 0 unspecified atom stereocenters. The molecule has 1 N–H and O–H groups in total. The van der Waals surface area contributed by atoms with Crippen molar-refractivity contribution in [2.24, 2.45) is 0 Å². The van der Waals surface area contributed by atoms with Crippen LogP contribution < -0.4 is 10.2 Å². The summed E-state index contributed by atoms with van der Waals surface area (Å²) in [6, 6.07) is 0.175. The van der Waals surface area contributed by atoms with Crippen LogP contribution in [0.15, 0.2) is 6.33 Å². The van der Waals surface area contributed by atoms with Crippen LogP contribution >= 0.6 is 0 Å². The zero-order valence-electron chi connectivity index (χ0n) is 14.4. The first-order valence-electron chi connectivity index (χ1n) is 8.39. The van der Waals surface area contributed by atoms with Gasteiger partial charge in [-0.25, -0.2) is 14.6 Å². The van der Waals surface area contributed by atoms with Crippen molar-refractivity contribution >= 4 is 22.9 Å². The van der Waals surface area contributed by atoms with Gasteiger partial charge >= 0.3 is 0 Å². The van der Waals surface area contributed by atoms with E-state index in [-0.39, 0.29) is 11.9 Å². The van der Waals surface area contributed by atoms with Crippen molar-refractivity contribution in [3.05, 3.63) is 6.33 Å². The Morgan fingerprint density at radius 2 is 2.00 bits per heavy atom. The first kappa shape index (κ1) is 16.6. The van der Waals surface area contributed by atoms with Gasteiger partial charge < -0.3 is 10.2 Å². The van der Waals surface area contributed by atoms with Crippen LogP contribution in [0.2, 0.25) is 0 Å². The molecule has 0 atom stereocenters. The van der Waals surface area contributed by atoms with E-state index >= 15 is 0 Å². The molecule has 0 aromatic carbocycles. The van der Waals surface area contributed by atoms with Crippen molar-refractivity contribution in [2.45, 2.75) is 33.4 Å². The highest BCUT2D eigenvalue weighted by molar-refractivity contribution is 5.82. The number of anilines is 1. The molecule has 3 heterocycles. The molecule has 24 heavy (non-hydrogen) atoms. The fourth-order valence-corrected chi connectivity index (χ4v) is 2.91. The Bertz CT molecular complexity index is 705. The number of nitrogens with zero attached hydrogens (tertiary/aromatic N) is 7. The van der Waals surface area contributed by atoms with Crippen molar-refractivity contribution in [3.63, 3.8) is 0 Å². The van der Waals surface area contributed by atoms with E-state index in [1.165, 1.54) is 0 Å². The number of aromatic nitrogens is 5. The Morgan fingerprint density at radius 3 is 2.67 bits per heavy atom. The fraction of sp³-hybridized carbons (Fsp3) is 0.667. The average Bonchev–Trinajstić information content (AvgIpc) is 2.98. The van der Waals surface area contributed by atoms with Crippen LogP contribution in [-0.2, 0) is 11.3 Å². The first-order chi connectivity index (χ1) is 11.6. The molecule has 1 saturated heterocycles. The molecular weight excluding hydrogens is 308 g/mol. The van der Waals surface area contributed by atoms with Gasteiger partial charge in [0.05, 0.1) is 6.54 Å². The monoisotopic (exact) mass is 332 g/mol. The van der Waals surface area contributed by atoms with Crippen molar-refractivity contribution in [1.29, 1.82) is 0 Å². The molecule has 1 aliphatic rings. The summed E-state index contributed by atoms with van der Waals surface area (Å²) in [5.41, 5.74) is 1.51. The maximum atomic E-state index is 11.9. The minimum atomic E-state index is 0.0776. The highest BCUT2D eigenvalue weighted by Gasteiger charge is 2.23. The van der Waals surface area contributed by atoms with Crippen molar-refractivity contribution in [3.8, 4) is 0 Å². The molecule has 0 radical (unpaired) electrons. The van der Waals surface area contributed by atoms with Crippen molar-refractivity contribution < 1.29 is 4.79 Å². The Hall–Kier alpha value is -2.29. The predicted molar refractivity (Wildman–Crippen MR) is 90.7 cm³/mol. The van der Waals surface area contributed by atoms with Gasteiger partial charge in [0.15, 0.2) is 17.0 Å². The maximum absolute atomic E-state index is 11.9. The number of piperazine rings is 1. The minimum Gasteiger partial charge on any atom is -0.353 e. The summed E-state index contributed by atoms with van der Waals surface area (Å²) in [6.45, 7) is 10.4. The van der Waals surface area contributed by atoms with Crippen molar-refractivity contribution in [1.82, 2.24) is 35.2 Å². The van der Waals surface area contributed by atoms with Gasteiger partial charge in [0, 0.05) is 38.8 Å². The third-order valence-corrected chi connectivity index (χ3v) is 4.07. The third kappa shape index (κ3) is 3.45. The van der Waals surface area contributed by atoms with E-state index in [4.69, 9.17) is 0 Å². The summed E-state index contributed by atoms with van der Waals surface area (Å²) in [5, 5.41) is 11.3. The topological polar surface area (TPSA) is 92.1 Å². The van der Waals surface area contributed by atoms with Gasteiger partial charge in [0.25, 0.3) is 0 Å². The molecule has 2 aromatic heterocycles. The van der Waals surface area contributed by atoms with E-state index in [0.717, 1.165) is 49.7 Å². The first-order valence-corrected chi connectivity index (χ1v) is 8.39. The lowest BCUT2D eigenvalue weighted by atomic mass is 10.3. The number of hydrogen-bond acceptors (Lipinski definition) is 7. The Morgan fingerprint density at radius 1 is 1.25 bits per heavy atom. The quantitative estimate of drug-likeness (QED) is 0.816. The standard InChI is InChI=1S/C15H24N8O/c1-4-23-15-13(19-20-23)14(16-10-17-15)22-7-5-21(6-8-22)9-12(24)18-11(2)3/h10-11H,4-9H2,1-3H3,(H,18,24). The molecule has 3 rings (SSSR count). The van der Waals surface area contributed by atoms with E-state index in [1.54, 1.807) is 11.0 Å². The molecule has 1 aliphatic heterocycles. The Balaban J connectivity index is 1.65. The summed E-state index contributed by atoms with van der Waals surface area (Å²) in [6.07, 6.45) is 1.57. The molecule has 0 aliphatic carbocycles. The van der Waals surface area contributed by atoms with Crippen LogP contribution in [0.25, 0.3) is 11.2 Å². The maximum Gasteiger partial charge on any atom is 0.234 e. The minimum absolute atomic E-state index is 0.0776. The molecule has 2 aromatic rings. The van der Waals surface area contributed by atoms with Crippen molar-refractivity contribution in [2.75, 3.05) is 37.6 Å². The number of rotatable bonds is 5. The third-order valence-electron chi connectivity index (χ3n) is 4.07. The zero-order chi connectivity index (χ0) is 17.1. The highest BCUT2D eigenvalue weighted by atomic mass is 16.2. The summed E-state index contributed by atoms with van der Waals surface area (Å²) >= 11 is 0. The van der Waals surface area contributed by atoms with Gasteiger partial charge in [-0.3, -0.25) is 9.69 Å². The lowest BCUT2D eigenvalue weighted by molar-refractivity contribution is -0.122. The van der Waals surface area contributed by atoms with Crippen LogP contribution in [0.5, 0.6) is 0 Å². The van der Waals surface area contributed by atoms with Gasteiger partial charge in [-0.1, -0.05) is 5.21 Å². The number of amides is 1. The molecule has 1 amide bonds. The normalized spacial score (nSPS) is 16.1. The number of nitrogens with one attached hydrogen (secondary N) is 1. The van der Waals surface area contributed by atoms with Gasteiger partial charge in [-0.2, -0.15) is 0 Å². The average molecular weight is 332 g/mol. The van der Waals surface area contributed by atoms with Crippen LogP contribution in [-0.4, -0.2) is 74.5 Å².